The zero-order valence-electron chi connectivity index (χ0n) is 25.1. The molecule has 2 atom stereocenters. The average Bonchev–Trinajstić information content (AvgIpc) is 3.41. The Balaban J connectivity index is 1.63. The molecule has 0 aromatic heterocycles. The third-order valence-electron chi connectivity index (χ3n) is 9.35. The van der Waals surface area contributed by atoms with Crippen LogP contribution in [0.1, 0.15) is 112 Å². The van der Waals surface area contributed by atoms with E-state index in [9.17, 15) is 14.7 Å². The van der Waals surface area contributed by atoms with Crippen molar-refractivity contribution in [2.45, 2.75) is 92.3 Å². The summed E-state index contributed by atoms with van der Waals surface area (Å²) >= 11 is 3.66. The van der Waals surface area contributed by atoms with E-state index in [1.165, 1.54) is 7.11 Å². The molecular formula is C33H41BrO7. The molecule has 1 N–H and O–H groups in total. The third-order valence-corrected chi connectivity index (χ3v) is 10.3. The number of rotatable bonds is 6. The number of ether oxygens (including phenoxy) is 4. The Morgan fingerprint density at radius 1 is 1.17 bits per heavy atom. The number of esters is 2. The molecule has 1 unspecified atom stereocenters. The van der Waals surface area contributed by atoms with Crippen molar-refractivity contribution in [3.05, 3.63) is 44.9 Å². The van der Waals surface area contributed by atoms with Gasteiger partial charge in [0.15, 0.2) is 11.5 Å². The zero-order chi connectivity index (χ0) is 29.9. The fraction of sp³-hybridized carbons (Fsp3) is 0.576. The van der Waals surface area contributed by atoms with Crippen LogP contribution in [-0.2, 0) is 9.53 Å². The molecule has 0 saturated heterocycles. The van der Waals surface area contributed by atoms with Gasteiger partial charge in [-0.2, -0.15) is 0 Å². The number of aryl methyl sites for hydroxylation is 1. The summed E-state index contributed by atoms with van der Waals surface area (Å²) in [6, 6.07) is 5.27. The second kappa shape index (κ2) is 10.9. The minimum atomic E-state index is -0.862. The quantitative estimate of drug-likeness (QED) is 0.254. The first kappa shape index (κ1) is 29.9. The topological polar surface area (TPSA) is 91.3 Å². The van der Waals surface area contributed by atoms with Gasteiger partial charge in [0, 0.05) is 11.1 Å². The first-order valence-electron chi connectivity index (χ1n) is 14.6. The molecule has 8 heteroatoms. The number of hydrogen-bond donors (Lipinski definition) is 1. The fourth-order valence-electron chi connectivity index (χ4n) is 7.07. The van der Waals surface area contributed by atoms with Crippen molar-refractivity contribution in [3.63, 3.8) is 0 Å². The van der Waals surface area contributed by atoms with Crippen LogP contribution in [0.15, 0.2) is 22.7 Å². The Morgan fingerprint density at radius 3 is 2.37 bits per heavy atom. The summed E-state index contributed by atoms with van der Waals surface area (Å²) in [5.41, 5.74) is 1.35. The Labute approximate surface area is 251 Å². The van der Waals surface area contributed by atoms with Crippen molar-refractivity contribution in [2.75, 3.05) is 7.11 Å². The average molecular weight is 630 g/mol. The minimum Gasteiger partial charge on any atom is -0.495 e. The maximum Gasteiger partial charge on any atom is 0.346 e. The van der Waals surface area contributed by atoms with Gasteiger partial charge in [-0.15, -0.1) is 0 Å². The van der Waals surface area contributed by atoms with Gasteiger partial charge in [-0.05, 0) is 109 Å². The molecule has 0 radical (unpaired) electrons. The van der Waals surface area contributed by atoms with Crippen LogP contribution in [0.4, 0.5) is 0 Å². The smallest absolute Gasteiger partial charge is 0.346 e. The molecule has 2 aromatic carbocycles. The van der Waals surface area contributed by atoms with Gasteiger partial charge in [0.2, 0.25) is 0 Å². The van der Waals surface area contributed by atoms with E-state index in [4.69, 9.17) is 18.9 Å². The summed E-state index contributed by atoms with van der Waals surface area (Å²) in [7, 11) is 1.46. The molecule has 3 aliphatic rings. The summed E-state index contributed by atoms with van der Waals surface area (Å²) in [6.45, 7) is 12.0. The van der Waals surface area contributed by atoms with Crippen LogP contribution in [-0.4, -0.2) is 24.2 Å². The summed E-state index contributed by atoms with van der Waals surface area (Å²) in [5.74, 6) is 0.818. The van der Waals surface area contributed by atoms with Gasteiger partial charge in [0.25, 0.3) is 0 Å². The SMILES string of the molecule is CCC1OC(=O)c2c(ccc([C@@H](O)CC(C)(C)C)c2OC)Oc2c1cc(C)c(Br)c2OC(=O)C1(C)C2CCC1CC2. The van der Waals surface area contributed by atoms with Crippen LogP contribution in [0.5, 0.6) is 23.0 Å². The number of fused-ring (bicyclic) bond motifs is 4. The van der Waals surface area contributed by atoms with Crippen LogP contribution >= 0.6 is 15.9 Å². The first-order chi connectivity index (χ1) is 19.3. The highest BCUT2D eigenvalue weighted by Gasteiger charge is 2.57. The fourth-order valence-corrected chi connectivity index (χ4v) is 7.44. The van der Waals surface area contributed by atoms with Gasteiger partial charge < -0.3 is 24.1 Å². The lowest BCUT2D eigenvalue weighted by molar-refractivity contribution is -0.147. The van der Waals surface area contributed by atoms with E-state index in [2.05, 4.69) is 15.9 Å². The highest BCUT2D eigenvalue weighted by Crippen LogP contribution is 2.59. The number of carbonyl (C=O) groups is 2. The first-order valence-corrected chi connectivity index (χ1v) is 15.4. The van der Waals surface area contributed by atoms with Crippen molar-refractivity contribution in [3.8, 4) is 23.0 Å². The van der Waals surface area contributed by atoms with E-state index in [-0.39, 0.29) is 34.2 Å². The molecule has 2 bridgehead atoms. The van der Waals surface area contributed by atoms with Crippen LogP contribution in [0.3, 0.4) is 0 Å². The molecule has 1 heterocycles. The molecule has 2 aromatic rings. The number of carbonyl (C=O) groups excluding carboxylic acids is 2. The zero-order valence-corrected chi connectivity index (χ0v) is 26.6. The highest BCUT2D eigenvalue weighted by molar-refractivity contribution is 9.10. The number of halogens is 1. The molecule has 0 amide bonds. The molecule has 2 saturated carbocycles. The molecule has 222 valence electrons. The number of methoxy groups -OCH3 is 1. The number of aliphatic hydroxyl groups is 1. The third kappa shape index (κ3) is 5.16. The lowest BCUT2D eigenvalue weighted by Gasteiger charge is -2.31. The Hall–Kier alpha value is -2.58. The van der Waals surface area contributed by atoms with E-state index in [1.807, 2.05) is 47.6 Å². The van der Waals surface area contributed by atoms with E-state index in [1.54, 1.807) is 12.1 Å². The normalized spacial score (nSPS) is 25.8. The van der Waals surface area contributed by atoms with E-state index in [0.29, 0.717) is 46.0 Å². The molecule has 41 heavy (non-hydrogen) atoms. The molecule has 1 aliphatic heterocycles. The van der Waals surface area contributed by atoms with Crippen molar-refractivity contribution < 1.29 is 33.6 Å². The Bertz CT molecular complexity index is 1350. The van der Waals surface area contributed by atoms with Gasteiger partial charge in [-0.3, -0.25) is 4.79 Å². The summed E-state index contributed by atoms with van der Waals surface area (Å²) < 4.78 is 25.2. The largest absolute Gasteiger partial charge is 0.495 e. The van der Waals surface area contributed by atoms with Crippen LogP contribution in [0.25, 0.3) is 0 Å². The van der Waals surface area contributed by atoms with Crippen molar-refractivity contribution in [2.24, 2.45) is 22.7 Å². The second-order valence-corrected chi connectivity index (χ2v) is 14.0. The maximum atomic E-state index is 13.9. The van der Waals surface area contributed by atoms with Gasteiger partial charge in [0.1, 0.15) is 23.2 Å². The van der Waals surface area contributed by atoms with Gasteiger partial charge in [-0.25, -0.2) is 4.79 Å². The monoisotopic (exact) mass is 628 g/mol. The van der Waals surface area contributed by atoms with Crippen molar-refractivity contribution in [1.82, 2.24) is 0 Å². The molecule has 2 fully saturated rings. The van der Waals surface area contributed by atoms with E-state index >= 15 is 0 Å². The van der Waals surface area contributed by atoms with E-state index in [0.717, 1.165) is 31.2 Å². The van der Waals surface area contributed by atoms with Gasteiger partial charge in [0.05, 0.1) is 23.1 Å². The number of aliphatic hydroxyl groups excluding tert-OH is 1. The molecular weight excluding hydrogens is 588 g/mol. The lowest BCUT2D eigenvalue weighted by atomic mass is 9.80. The standard InChI is InChI=1S/C33H41BrO7/c1-8-23-21-15-17(2)26(34)29(41-31(37)33(6)18-9-10-19(33)12-11-18)28(21)39-24-14-13-20(22(35)16-32(3,4)5)27(38-7)25(24)30(36)40-23/h13-15,18-19,22-23,35H,8-12,16H2,1-7H3/t18?,19?,22-,23?,33?/m0/s1. The predicted octanol–water partition coefficient (Wildman–Crippen LogP) is 8.38. The van der Waals surface area contributed by atoms with Crippen LogP contribution < -0.4 is 14.2 Å². The summed E-state index contributed by atoms with van der Waals surface area (Å²) in [5, 5.41) is 11.1. The predicted molar refractivity (Wildman–Crippen MR) is 159 cm³/mol. The summed E-state index contributed by atoms with van der Waals surface area (Å²) in [4.78, 5) is 27.5. The second-order valence-electron chi connectivity index (χ2n) is 13.2. The Morgan fingerprint density at radius 2 is 1.80 bits per heavy atom. The van der Waals surface area contributed by atoms with Crippen molar-refractivity contribution >= 4 is 27.9 Å². The van der Waals surface area contributed by atoms with Crippen LogP contribution in [0.2, 0.25) is 0 Å². The molecule has 0 spiro atoms. The molecule has 7 nitrogen and oxygen atoms in total. The van der Waals surface area contributed by atoms with Gasteiger partial charge in [-0.1, -0.05) is 27.7 Å². The number of hydrogen-bond acceptors (Lipinski definition) is 7. The minimum absolute atomic E-state index is 0.0943. The highest BCUT2D eigenvalue weighted by atomic mass is 79.9. The van der Waals surface area contributed by atoms with Crippen molar-refractivity contribution in [1.29, 1.82) is 0 Å². The number of benzene rings is 2. The number of cyclic esters (lactones) is 1. The molecule has 5 rings (SSSR count). The van der Waals surface area contributed by atoms with Crippen LogP contribution in [0, 0.1) is 29.6 Å². The lowest BCUT2D eigenvalue weighted by Crippen LogP contribution is -2.36. The Kier molecular flexibility index (Phi) is 7.96. The maximum absolute atomic E-state index is 13.9. The van der Waals surface area contributed by atoms with E-state index < -0.39 is 23.6 Å². The summed E-state index contributed by atoms with van der Waals surface area (Å²) in [6.07, 6.45) is 3.61. The molecule has 2 aliphatic carbocycles. The van der Waals surface area contributed by atoms with Gasteiger partial charge >= 0.3 is 11.9 Å².